The summed E-state index contributed by atoms with van der Waals surface area (Å²) in [5, 5.41) is 12.0. The average molecular weight is 238 g/mol. The number of esters is 1. The van der Waals surface area contributed by atoms with E-state index < -0.39 is 17.9 Å². The molecule has 6 heteroatoms. The highest BCUT2D eigenvalue weighted by atomic mass is 16.5. The number of amides is 1. The molecular weight excluding hydrogens is 224 g/mol. The number of phenols is 1. The van der Waals surface area contributed by atoms with E-state index in [1.165, 1.54) is 32.2 Å². The van der Waals surface area contributed by atoms with Crippen LogP contribution in [0.4, 0.5) is 5.69 Å². The first kappa shape index (κ1) is 13.0. The molecule has 0 aromatic heterocycles. The van der Waals surface area contributed by atoms with E-state index in [1.54, 1.807) is 0 Å². The number of benzene rings is 1. The zero-order valence-electron chi connectivity index (χ0n) is 9.56. The number of nitrogens with one attached hydrogen (secondary N) is 1. The van der Waals surface area contributed by atoms with Gasteiger partial charge in [-0.2, -0.15) is 0 Å². The molecule has 4 N–H and O–H groups in total. The van der Waals surface area contributed by atoms with Crippen molar-refractivity contribution in [1.82, 2.24) is 0 Å². The predicted octanol–water partition coefficient (Wildman–Crippen LogP) is 0.464. The maximum Gasteiger partial charge on any atom is 0.337 e. The largest absolute Gasteiger partial charge is 0.506 e. The number of carbonyl (C=O) groups excluding carboxylic acids is 2. The number of ether oxygens (including phenoxy) is 1. The molecule has 0 bridgehead atoms. The molecule has 1 atom stereocenters. The van der Waals surface area contributed by atoms with Gasteiger partial charge in [0.1, 0.15) is 5.75 Å². The van der Waals surface area contributed by atoms with Gasteiger partial charge in [0.25, 0.3) is 0 Å². The highest BCUT2D eigenvalue weighted by molar-refractivity contribution is 5.97. The number of carbonyl (C=O) groups is 2. The van der Waals surface area contributed by atoms with Gasteiger partial charge in [0.15, 0.2) is 0 Å². The van der Waals surface area contributed by atoms with Gasteiger partial charge in [0.05, 0.1) is 24.4 Å². The van der Waals surface area contributed by atoms with E-state index in [0.717, 1.165) is 0 Å². The van der Waals surface area contributed by atoms with Crippen LogP contribution in [-0.2, 0) is 9.53 Å². The van der Waals surface area contributed by atoms with Crippen molar-refractivity contribution >= 4 is 17.6 Å². The van der Waals surface area contributed by atoms with Crippen LogP contribution in [0.1, 0.15) is 17.3 Å². The molecule has 0 spiro atoms. The van der Waals surface area contributed by atoms with Crippen molar-refractivity contribution in [3.8, 4) is 5.75 Å². The Labute approximate surface area is 98.4 Å². The van der Waals surface area contributed by atoms with Gasteiger partial charge >= 0.3 is 5.97 Å². The molecule has 1 rings (SSSR count). The van der Waals surface area contributed by atoms with E-state index in [9.17, 15) is 14.7 Å². The molecular formula is C11H14N2O4. The van der Waals surface area contributed by atoms with Crippen molar-refractivity contribution < 1.29 is 19.4 Å². The van der Waals surface area contributed by atoms with Gasteiger partial charge in [-0.3, -0.25) is 4.79 Å². The third-order valence-electron chi connectivity index (χ3n) is 2.09. The molecule has 0 fully saturated rings. The van der Waals surface area contributed by atoms with Gasteiger partial charge in [-0.25, -0.2) is 4.79 Å². The molecule has 6 nitrogen and oxygen atoms in total. The van der Waals surface area contributed by atoms with Crippen molar-refractivity contribution in [3.63, 3.8) is 0 Å². The van der Waals surface area contributed by atoms with E-state index in [1.807, 2.05) is 0 Å². The van der Waals surface area contributed by atoms with Crippen LogP contribution in [0, 0.1) is 0 Å². The Bertz CT molecular complexity index is 443. The first-order chi connectivity index (χ1) is 7.95. The number of methoxy groups -OCH3 is 1. The third kappa shape index (κ3) is 3.18. The molecule has 17 heavy (non-hydrogen) atoms. The van der Waals surface area contributed by atoms with E-state index in [4.69, 9.17) is 5.73 Å². The van der Waals surface area contributed by atoms with Crippen LogP contribution in [0.3, 0.4) is 0 Å². The molecule has 1 amide bonds. The van der Waals surface area contributed by atoms with Gasteiger partial charge in [-0.05, 0) is 25.1 Å². The van der Waals surface area contributed by atoms with Crippen LogP contribution < -0.4 is 11.1 Å². The van der Waals surface area contributed by atoms with Crippen LogP contribution >= 0.6 is 0 Å². The lowest BCUT2D eigenvalue weighted by Gasteiger charge is -2.10. The predicted molar refractivity (Wildman–Crippen MR) is 61.7 cm³/mol. The van der Waals surface area contributed by atoms with Crippen LogP contribution in [0.5, 0.6) is 5.75 Å². The van der Waals surface area contributed by atoms with Crippen molar-refractivity contribution in [1.29, 1.82) is 0 Å². The van der Waals surface area contributed by atoms with Gasteiger partial charge < -0.3 is 20.9 Å². The van der Waals surface area contributed by atoms with Gasteiger partial charge in [0.2, 0.25) is 5.91 Å². The van der Waals surface area contributed by atoms with Crippen LogP contribution in [0.2, 0.25) is 0 Å². The SMILES string of the molecule is COC(=O)c1ccc(NC(=O)C(C)N)c(O)c1. The molecule has 0 saturated carbocycles. The fraction of sp³-hybridized carbons (Fsp3) is 0.273. The van der Waals surface area contributed by atoms with E-state index in [0.29, 0.717) is 0 Å². The Morgan fingerprint density at radius 3 is 2.59 bits per heavy atom. The summed E-state index contributed by atoms with van der Waals surface area (Å²) in [5.74, 6) is -1.21. The summed E-state index contributed by atoms with van der Waals surface area (Å²) in [6.07, 6.45) is 0. The maximum atomic E-state index is 11.3. The number of anilines is 1. The highest BCUT2D eigenvalue weighted by Crippen LogP contribution is 2.24. The molecule has 0 saturated heterocycles. The number of hydrogen-bond donors (Lipinski definition) is 3. The normalized spacial score (nSPS) is 11.7. The zero-order valence-corrected chi connectivity index (χ0v) is 9.56. The van der Waals surface area contributed by atoms with Crippen molar-refractivity contribution in [2.45, 2.75) is 13.0 Å². The zero-order chi connectivity index (χ0) is 13.0. The molecule has 0 aliphatic heterocycles. The number of rotatable bonds is 3. The van der Waals surface area contributed by atoms with Crippen molar-refractivity contribution in [2.24, 2.45) is 5.73 Å². The van der Waals surface area contributed by atoms with Crippen molar-refractivity contribution in [2.75, 3.05) is 12.4 Å². The summed E-state index contributed by atoms with van der Waals surface area (Å²) in [6.45, 7) is 1.52. The Hall–Kier alpha value is -2.08. The summed E-state index contributed by atoms with van der Waals surface area (Å²) in [5.41, 5.74) is 5.76. The van der Waals surface area contributed by atoms with Crippen LogP contribution in [0.25, 0.3) is 0 Å². The smallest absolute Gasteiger partial charge is 0.337 e. The topological polar surface area (TPSA) is 102 Å². The number of phenolic OH excluding ortho intramolecular Hbond substituents is 1. The van der Waals surface area contributed by atoms with E-state index in [2.05, 4.69) is 10.1 Å². The quantitative estimate of drug-likeness (QED) is 0.524. The minimum absolute atomic E-state index is 0.194. The molecule has 0 aliphatic rings. The van der Waals surface area contributed by atoms with Gasteiger partial charge in [0, 0.05) is 0 Å². The first-order valence-electron chi connectivity index (χ1n) is 4.93. The maximum absolute atomic E-state index is 11.3. The molecule has 0 heterocycles. The molecule has 0 radical (unpaired) electrons. The van der Waals surface area contributed by atoms with Crippen molar-refractivity contribution in [3.05, 3.63) is 23.8 Å². The minimum Gasteiger partial charge on any atom is -0.506 e. The number of aromatic hydroxyl groups is 1. The second-order valence-corrected chi connectivity index (χ2v) is 3.50. The fourth-order valence-corrected chi connectivity index (χ4v) is 1.13. The van der Waals surface area contributed by atoms with Gasteiger partial charge in [-0.1, -0.05) is 0 Å². The lowest BCUT2D eigenvalue weighted by molar-refractivity contribution is -0.117. The molecule has 1 aromatic rings. The molecule has 1 aromatic carbocycles. The number of nitrogens with two attached hydrogens (primary N) is 1. The molecule has 1 unspecified atom stereocenters. The summed E-state index contributed by atoms with van der Waals surface area (Å²) < 4.78 is 4.49. The third-order valence-corrected chi connectivity index (χ3v) is 2.09. The summed E-state index contributed by atoms with van der Waals surface area (Å²) in [6, 6.07) is 3.36. The molecule has 92 valence electrons. The summed E-state index contributed by atoms with van der Waals surface area (Å²) >= 11 is 0. The lowest BCUT2D eigenvalue weighted by Crippen LogP contribution is -2.32. The Morgan fingerprint density at radius 1 is 1.47 bits per heavy atom. The Balaban J connectivity index is 2.90. The monoisotopic (exact) mass is 238 g/mol. The Morgan fingerprint density at radius 2 is 2.12 bits per heavy atom. The van der Waals surface area contributed by atoms with Crippen LogP contribution in [0.15, 0.2) is 18.2 Å². The highest BCUT2D eigenvalue weighted by Gasteiger charge is 2.12. The second kappa shape index (κ2) is 5.31. The second-order valence-electron chi connectivity index (χ2n) is 3.50. The number of hydrogen-bond acceptors (Lipinski definition) is 5. The average Bonchev–Trinajstić information content (AvgIpc) is 2.30. The van der Waals surface area contributed by atoms with E-state index in [-0.39, 0.29) is 17.0 Å². The minimum atomic E-state index is -0.685. The summed E-state index contributed by atoms with van der Waals surface area (Å²) in [4.78, 5) is 22.5. The summed E-state index contributed by atoms with van der Waals surface area (Å²) in [7, 11) is 1.24. The standard InChI is InChI=1S/C11H14N2O4/c1-6(12)10(15)13-8-4-3-7(5-9(8)14)11(16)17-2/h3-6,14H,12H2,1-2H3,(H,13,15). The Kier molecular flexibility index (Phi) is 4.06. The van der Waals surface area contributed by atoms with E-state index >= 15 is 0 Å². The lowest BCUT2D eigenvalue weighted by atomic mass is 10.2. The molecule has 0 aliphatic carbocycles. The first-order valence-corrected chi connectivity index (χ1v) is 4.93. The van der Waals surface area contributed by atoms with Crippen LogP contribution in [-0.4, -0.2) is 30.1 Å². The van der Waals surface area contributed by atoms with Gasteiger partial charge in [-0.15, -0.1) is 0 Å². The fourth-order valence-electron chi connectivity index (χ4n) is 1.13.